The Bertz CT molecular complexity index is 1090. The highest BCUT2D eigenvalue weighted by atomic mass is 32.2. The lowest BCUT2D eigenvalue weighted by Gasteiger charge is -2.30. The van der Waals surface area contributed by atoms with Gasteiger partial charge in [0, 0.05) is 31.3 Å². The van der Waals surface area contributed by atoms with Gasteiger partial charge in [0.15, 0.2) is 4.90 Å². The summed E-state index contributed by atoms with van der Waals surface area (Å²) < 4.78 is 26.8. The number of carboxylic acids is 1. The molecule has 2 N–H and O–H groups in total. The van der Waals surface area contributed by atoms with Crippen molar-refractivity contribution in [3.05, 3.63) is 62.3 Å². The summed E-state index contributed by atoms with van der Waals surface area (Å²) in [6.45, 7) is 0.173. The molecule has 1 aromatic carbocycles. The molecule has 0 amide bonds. The molecule has 0 atom stereocenters. The Morgan fingerprint density at radius 3 is 2.50 bits per heavy atom. The fourth-order valence-corrected chi connectivity index (χ4v) is 4.73. The second kappa shape index (κ2) is 7.48. The van der Waals surface area contributed by atoms with Crippen LogP contribution in [0.3, 0.4) is 0 Å². The molecule has 0 unspecified atom stereocenters. The third-order valence-electron chi connectivity index (χ3n) is 4.57. The van der Waals surface area contributed by atoms with Crippen molar-refractivity contribution in [3.8, 4) is 0 Å². The molecule has 0 saturated carbocycles. The molecule has 1 aromatic heterocycles. The maximum absolute atomic E-state index is 12.8. The topological polar surface area (TPSA) is 164 Å². The molecule has 1 saturated heterocycles. The van der Waals surface area contributed by atoms with Crippen molar-refractivity contribution in [3.63, 3.8) is 0 Å². The zero-order chi connectivity index (χ0) is 20.5. The van der Waals surface area contributed by atoms with E-state index >= 15 is 0 Å². The van der Waals surface area contributed by atoms with Gasteiger partial charge in [-0.1, -0.05) is 12.1 Å². The first-order chi connectivity index (χ1) is 13.2. The van der Waals surface area contributed by atoms with E-state index in [1.165, 1.54) is 18.2 Å². The number of nitro benzene ring substituents is 1. The Morgan fingerprint density at radius 2 is 1.93 bits per heavy atom. The van der Waals surface area contributed by atoms with Crippen molar-refractivity contribution in [2.24, 2.45) is 0 Å². The summed E-state index contributed by atoms with van der Waals surface area (Å²) in [7, 11) is -4.05. The van der Waals surface area contributed by atoms with E-state index < -0.39 is 37.7 Å². The van der Waals surface area contributed by atoms with Gasteiger partial charge in [-0.2, -0.15) is 4.31 Å². The van der Waals surface area contributed by atoms with Crippen LogP contribution < -0.4 is 5.56 Å². The molecular weight excluding hydrogens is 392 g/mol. The molecular formula is C16H16N4O7S. The molecule has 2 aromatic rings. The van der Waals surface area contributed by atoms with Gasteiger partial charge in [0.1, 0.15) is 11.4 Å². The minimum atomic E-state index is -4.05. The molecule has 12 heteroatoms. The first-order valence-electron chi connectivity index (χ1n) is 8.28. The van der Waals surface area contributed by atoms with Crippen LogP contribution in [0.15, 0.2) is 40.2 Å². The van der Waals surface area contributed by atoms with E-state index in [2.05, 4.69) is 9.97 Å². The van der Waals surface area contributed by atoms with Crippen LogP contribution in [0.25, 0.3) is 0 Å². The third kappa shape index (κ3) is 3.64. The number of nitro groups is 1. The zero-order valence-electron chi connectivity index (χ0n) is 14.4. The van der Waals surface area contributed by atoms with E-state index in [9.17, 15) is 28.1 Å². The SMILES string of the molecule is O=C(O)c1cnc(C2CCN(S(=O)(=O)c3ccccc3[N+](=O)[O-])CC2)[nH]c1=O. The lowest BCUT2D eigenvalue weighted by atomic mass is 9.97. The number of rotatable bonds is 5. The van der Waals surface area contributed by atoms with Crippen molar-refractivity contribution in [2.45, 2.75) is 23.7 Å². The Balaban J connectivity index is 1.79. The molecule has 11 nitrogen and oxygen atoms in total. The molecule has 1 aliphatic heterocycles. The number of hydrogen-bond donors (Lipinski definition) is 2. The fourth-order valence-electron chi connectivity index (χ4n) is 3.10. The number of aromatic carboxylic acids is 1. The number of para-hydroxylation sites is 1. The van der Waals surface area contributed by atoms with Crippen LogP contribution in [-0.2, 0) is 10.0 Å². The highest BCUT2D eigenvalue weighted by Gasteiger charge is 2.34. The number of aromatic amines is 1. The smallest absolute Gasteiger partial charge is 0.342 e. The summed E-state index contributed by atoms with van der Waals surface area (Å²) in [5.41, 5.74) is -1.73. The van der Waals surface area contributed by atoms with Gasteiger partial charge in [0.05, 0.1) is 4.92 Å². The van der Waals surface area contributed by atoms with Crippen LogP contribution in [0, 0.1) is 10.1 Å². The molecule has 1 aliphatic rings. The molecule has 1 fully saturated rings. The summed E-state index contributed by atoms with van der Waals surface area (Å²) in [4.78, 5) is 39.1. The Labute approximate surface area is 158 Å². The molecule has 3 rings (SSSR count). The normalized spacial score (nSPS) is 16.0. The van der Waals surface area contributed by atoms with E-state index in [1.54, 1.807) is 0 Å². The summed E-state index contributed by atoms with van der Waals surface area (Å²) >= 11 is 0. The highest BCUT2D eigenvalue weighted by molar-refractivity contribution is 7.89. The van der Waals surface area contributed by atoms with Crippen LogP contribution in [-0.4, -0.2) is 51.8 Å². The average Bonchev–Trinajstić information content (AvgIpc) is 2.67. The molecule has 0 radical (unpaired) electrons. The summed E-state index contributed by atoms with van der Waals surface area (Å²) in [5.74, 6) is -1.35. The number of carboxylic acid groups (broad SMARTS) is 1. The number of nitrogens with one attached hydrogen (secondary N) is 1. The maximum Gasteiger partial charge on any atom is 0.342 e. The third-order valence-corrected chi connectivity index (χ3v) is 6.52. The number of sulfonamides is 1. The van der Waals surface area contributed by atoms with E-state index in [1.807, 2.05) is 0 Å². The molecule has 0 aliphatic carbocycles. The first-order valence-corrected chi connectivity index (χ1v) is 9.72. The summed E-state index contributed by atoms with van der Waals surface area (Å²) in [6, 6.07) is 5.15. The van der Waals surface area contributed by atoms with Crippen LogP contribution in [0.1, 0.15) is 34.9 Å². The van der Waals surface area contributed by atoms with Gasteiger partial charge in [-0.15, -0.1) is 0 Å². The second-order valence-electron chi connectivity index (χ2n) is 6.22. The highest BCUT2D eigenvalue weighted by Crippen LogP contribution is 2.31. The number of benzene rings is 1. The van der Waals surface area contributed by atoms with Crippen molar-refractivity contribution >= 4 is 21.7 Å². The molecule has 28 heavy (non-hydrogen) atoms. The van der Waals surface area contributed by atoms with Crippen molar-refractivity contribution < 1.29 is 23.2 Å². The molecule has 148 valence electrons. The number of aromatic nitrogens is 2. The molecule has 2 heterocycles. The molecule has 0 bridgehead atoms. The van der Waals surface area contributed by atoms with E-state index in [0.29, 0.717) is 12.8 Å². The number of piperidine rings is 1. The summed E-state index contributed by atoms with van der Waals surface area (Å²) in [5, 5.41) is 20.0. The van der Waals surface area contributed by atoms with Crippen LogP contribution in [0.5, 0.6) is 0 Å². The largest absolute Gasteiger partial charge is 0.477 e. The fraction of sp³-hybridized carbons (Fsp3) is 0.312. The predicted molar refractivity (Wildman–Crippen MR) is 95.6 cm³/mol. The minimum Gasteiger partial charge on any atom is -0.477 e. The number of carbonyl (C=O) groups is 1. The van der Waals surface area contributed by atoms with Gasteiger partial charge in [-0.3, -0.25) is 14.9 Å². The summed E-state index contributed by atoms with van der Waals surface area (Å²) in [6.07, 6.45) is 1.64. The monoisotopic (exact) mass is 408 g/mol. The lowest BCUT2D eigenvalue weighted by Crippen LogP contribution is -2.38. The standard InChI is InChI=1S/C16H16N4O7S/c21-15-11(16(22)23)9-17-14(18-15)10-5-7-19(8-6-10)28(26,27)13-4-2-1-3-12(13)20(24)25/h1-4,9-10H,5-8H2,(H,22,23)(H,17,18,21). The zero-order valence-corrected chi connectivity index (χ0v) is 15.3. The van der Waals surface area contributed by atoms with Crippen LogP contribution in [0.4, 0.5) is 5.69 Å². The van der Waals surface area contributed by atoms with Gasteiger partial charge < -0.3 is 10.1 Å². The Morgan fingerprint density at radius 1 is 1.29 bits per heavy atom. The lowest BCUT2D eigenvalue weighted by molar-refractivity contribution is -0.387. The predicted octanol–water partition coefficient (Wildman–Crippen LogP) is 0.945. The van der Waals surface area contributed by atoms with E-state index in [4.69, 9.17) is 5.11 Å². The van der Waals surface area contributed by atoms with Crippen molar-refractivity contribution in [1.29, 1.82) is 0 Å². The van der Waals surface area contributed by atoms with Crippen molar-refractivity contribution in [1.82, 2.24) is 14.3 Å². The Kier molecular flexibility index (Phi) is 5.25. The quantitative estimate of drug-likeness (QED) is 0.545. The molecule has 0 spiro atoms. The van der Waals surface area contributed by atoms with E-state index in [0.717, 1.165) is 16.6 Å². The average molecular weight is 408 g/mol. The van der Waals surface area contributed by atoms with Crippen molar-refractivity contribution in [2.75, 3.05) is 13.1 Å². The van der Waals surface area contributed by atoms with Crippen LogP contribution >= 0.6 is 0 Å². The van der Waals surface area contributed by atoms with Gasteiger partial charge in [0.2, 0.25) is 10.0 Å². The van der Waals surface area contributed by atoms with E-state index in [-0.39, 0.29) is 29.7 Å². The van der Waals surface area contributed by atoms with Crippen LogP contribution in [0.2, 0.25) is 0 Å². The number of hydrogen-bond acceptors (Lipinski definition) is 7. The minimum absolute atomic E-state index is 0.0867. The Hall–Kier alpha value is -3.12. The first kappa shape index (κ1) is 19.6. The van der Waals surface area contributed by atoms with Gasteiger partial charge in [-0.05, 0) is 18.9 Å². The maximum atomic E-state index is 12.8. The van der Waals surface area contributed by atoms with Gasteiger partial charge in [-0.25, -0.2) is 18.2 Å². The number of H-pyrrole nitrogens is 1. The number of nitrogens with zero attached hydrogens (tertiary/aromatic N) is 3. The van der Waals surface area contributed by atoms with Gasteiger partial charge in [0.25, 0.3) is 11.2 Å². The van der Waals surface area contributed by atoms with Gasteiger partial charge >= 0.3 is 5.97 Å². The second-order valence-corrected chi connectivity index (χ2v) is 8.13.